The number of carbonyl (C=O) groups excluding carboxylic acids is 1. The van der Waals surface area contributed by atoms with E-state index in [2.05, 4.69) is 10.6 Å². The highest BCUT2D eigenvalue weighted by Gasteiger charge is 2.18. The Morgan fingerprint density at radius 2 is 1.95 bits per heavy atom. The summed E-state index contributed by atoms with van der Waals surface area (Å²) >= 11 is 0. The summed E-state index contributed by atoms with van der Waals surface area (Å²) in [6, 6.07) is 6.05. The summed E-state index contributed by atoms with van der Waals surface area (Å²) in [6.45, 7) is 0. The van der Waals surface area contributed by atoms with Crippen LogP contribution in [0.2, 0.25) is 0 Å². The molecule has 0 aromatic heterocycles. The standard InChI is InChI=1S/C15H16N2O3/c1-16-10-5-4-6-11(9-10)17-14(18)12-7-2-3-8-13(12)15(19)20/h2-5,7-9,11,16H,6H2,1H3,(H,17,18)(H,19,20). The number of amides is 1. The Morgan fingerprint density at radius 1 is 1.25 bits per heavy atom. The molecule has 1 aliphatic rings. The van der Waals surface area contributed by atoms with Crippen LogP contribution in [0.4, 0.5) is 0 Å². The van der Waals surface area contributed by atoms with Crippen molar-refractivity contribution in [2.75, 3.05) is 7.05 Å². The Morgan fingerprint density at radius 3 is 2.60 bits per heavy atom. The number of allylic oxidation sites excluding steroid dienone is 1. The molecule has 0 heterocycles. The number of hydrogen-bond acceptors (Lipinski definition) is 3. The molecule has 0 radical (unpaired) electrons. The molecular formula is C15H16N2O3. The third kappa shape index (κ3) is 3.06. The van der Waals surface area contributed by atoms with Gasteiger partial charge in [0.05, 0.1) is 17.2 Å². The number of benzene rings is 1. The molecule has 0 aliphatic heterocycles. The van der Waals surface area contributed by atoms with Crippen molar-refractivity contribution in [3.8, 4) is 0 Å². The molecule has 1 amide bonds. The minimum atomic E-state index is -1.11. The zero-order valence-corrected chi connectivity index (χ0v) is 11.1. The molecule has 0 bridgehead atoms. The fourth-order valence-corrected chi connectivity index (χ4v) is 2.06. The van der Waals surface area contributed by atoms with Gasteiger partial charge < -0.3 is 15.7 Å². The Kier molecular flexibility index (Phi) is 4.20. The number of nitrogens with one attached hydrogen (secondary N) is 2. The van der Waals surface area contributed by atoms with E-state index in [1.54, 1.807) is 19.2 Å². The lowest BCUT2D eigenvalue weighted by atomic mass is 10.0. The van der Waals surface area contributed by atoms with Gasteiger partial charge in [-0.05, 0) is 30.7 Å². The SMILES string of the molecule is CNC1=CC(NC(=O)c2ccccc2C(=O)O)CC=C1. The highest BCUT2D eigenvalue weighted by molar-refractivity contribution is 6.04. The molecule has 5 nitrogen and oxygen atoms in total. The maximum Gasteiger partial charge on any atom is 0.336 e. The number of likely N-dealkylation sites (N-methyl/N-ethyl adjacent to an activating group) is 1. The molecule has 0 fully saturated rings. The first-order valence-corrected chi connectivity index (χ1v) is 6.31. The summed E-state index contributed by atoms with van der Waals surface area (Å²) in [6.07, 6.45) is 6.49. The van der Waals surface area contributed by atoms with Crippen LogP contribution in [0.3, 0.4) is 0 Å². The fraction of sp³-hybridized carbons (Fsp3) is 0.200. The Hall–Kier alpha value is -2.56. The number of rotatable bonds is 4. The highest BCUT2D eigenvalue weighted by atomic mass is 16.4. The van der Waals surface area contributed by atoms with Gasteiger partial charge in [0.1, 0.15) is 0 Å². The number of carbonyl (C=O) groups is 2. The average molecular weight is 272 g/mol. The van der Waals surface area contributed by atoms with Crippen LogP contribution in [0.25, 0.3) is 0 Å². The van der Waals surface area contributed by atoms with Crippen LogP contribution in [0.1, 0.15) is 27.1 Å². The summed E-state index contributed by atoms with van der Waals surface area (Å²) in [5.74, 6) is -1.49. The van der Waals surface area contributed by atoms with E-state index >= 15 is 0 Å². The number of aromatic carboxylic acids is 1. The monoisotopic (exact) mass is 272 g/mol. The summed E-state index contributed by atoms with van der Waals surface area (Å²) < 4.78 is 0. The van der Waals surface area contributed by atoms with E-state index in [9.17, 15) is 9.59 Å². The summed E-state index contributed by atoms with van der Waals surface area (Å²) in [7, 11) is 1.81. The second kappa shape index (κ2) is 6.06. The van der Waals surface area contributed by atoms with Crippen LogP contribution in [-0.2, 0) is 0 Å². The molecule has 1 atom stereocenters. The van der Waals surface area contributed by atoms with Crippen LogP contribution in [0, 0.1) is 0 Å². The zero-order valence-electron chi connectivity index (χ0n) is 11.1. The minimum Gasteiger partial charge on any atom is -0.478 e. The van der Waals surface area contributed by atoms with E-state index in [0.29, 0.717) is 6.42 Å². The van der Waals surface area contributed by atoms with Gasteiger partial charge in [0.15, 0.2) is 0 Å². The summed E-state index contributed by atoms with van der Waals surface area (Å²) in [5, 5.41) is 14.9. The molecule has 1 aliphatic carbocycles. The van der Waals surface area contributed by atoms with Gasteiger partial charge in [0.2, 0.25) is 0 Å². The smallest absolute Gasteiger partial charge is 0.336 e. The second-order valence-corrected chi connectivity index (χ2v) is 4.44. The molecule has 2 rings (SSSR count). The van der Waals surface area contributed by atoms with Gasteiger partial charge in [-0.1, -0.05) is 18.2 Å². The van der Waals surface area contributed by atoms with Crippen molar-refractivity contribution in [2.24, 2.45) is 0 Å². The van der Waals surface area contributed by atoms with E-state index < -0.39 is 5.97 Å². The maximum absolute atomic E-state index is 12.2. The van der Waals surface area contributed by atoms with Gasteiger partial charge in [0.25, 0.3) is 5.91 Å². The highest BCUT2D eigenvalue weighted by Crippen LogP contribution is 2.12. The predicted molar refractivity (Wildman–Crippen MR) is 75.6 cm³/mol. The van der Waals surface area contributed by atoms with Gasteiger partial charge >= 0.3 is 5.97 Å². The third-order valence-electron chi connectivity index (χ3n) is 3.08. The minimum absolute atomic E-state index is 0.00849. The predicted octanol–water partition coefficient (Wildman–Crippen LogP) is 1.55. The van der Waals surface area contributed by atoms with Crippen molar-refractivity contribution in [3.05, 3.63) is 59.3 Å². The molecule has 3 N–H and O–H groups in total. The van der Waals surface area contributed by atoms with Gasteiger partial charge in [-0.15, -0.1) is 0 Å². The first-order chi connectivity index (χ1) is 9.61. The van der Waals surface area contributed by atoms with Crippen LogP contribution in [-0.4, -0.2) is 30.1 Å². The molecular weight excluding hydrogens is 256 g/mol. The topological polar surface area (TPSA) is 78.4 Å². The normalized spacial score (nSPS) is 17.2. The lowest BCUT2D eigenvalue weighted by molar-refractivity contribution is 0.0690. The number of carboxylic acid groups (broad SMARTS) is 1. The van der Waals surface area contributed by atoms with Gasteiger partial charge in [-0.2, -0.15) is 0 Å². The van der Waals surface area contributed by atoms with Crippen LogP contribution >= 0.6 is 0 Å². The largest absolute Gasteiger partial charge is 0.478 e. The molecule has 1 unspecified atom stereocenters. The second-order valence-electron chi connectivity index (χ2n) is 4.44. The van der Waals surface area contributed by atoms with Crippen molar-refractivity contribution in [1.82, 2.24) is 10.6 Å². The summed E-state index contributed by atoms with van der Waals surface area (Å²) in [4.78, 5) is 23.3. The molecule has 20 heavy (non-hydrogen) atoms. The quantitative estimate of drug-likeness (QED) is 0.777. The van der Waals surface area contributed by atoms with Crippen molar-refractivity contribution < 1.29 is 14.7 Å². The van der Waals surface area contributed by atoms with Gasteiger partial charge in [-0.25, -0.2) is 4.79 Å². The van der Waals surface area contributed by atoms with Crippen molar-refractivity contribution >= 4 is 11.9 Å². The molecule has 104 valence electrons. The van der Waals surface area contributed by atoms with E-state index in [1.165, 1.54) is 12.1 Å². The Balaban J connectivity index is 2.15. The van der Waals surface area contributed by atoms with Gasteiger partial charge in [0, 0.05) is 12.7 Å². The van der Waals surface area contributed by atoms with Crippen LogP contribution in [0.5, 0.6) is 0 Å². The van der Waals surface area contributed by atoms with Crippen LogP contribution in [0.15, 0.2) is 48.2 Å². The third-order valence-corrected chi connectivity index (χ3v) is 3.08. The number of carboxylic acids is 1. The fourth-order valence-electron chi connectivity index (χ4n) is 2.06. The lowest BCUT2D eigenvalue weighted by Crippen LogP contribution is -2.35. The first-order valence-electron chi connectivity index (χ1n) is 6.31. The van der Waals surface area contributed by atoms with Crippen molar-refractivity contribution in [3.63, 3.8) is 0 Å². The van der Waals surface area contributed by atoms with E-state index in [4.69, 9.17) is 5.11 Å². The average Bonchev–Trinajstić information content (AvgIpc) is 2.47. The van der Waals surface area contributed by atoms with Gasteiger partial charge in [-0.3, -0.25) is 4.79 Å². The van der Waals surface area contributed by atoms with Crippen molar-refractivity contribution in [1.29, 1.82) is 0 Å². The molecule has 5 heteroatoms. The van der Waals surface area contributed by atoms with E-state index in [0.717, 1.165) is 5.70 Å². The van der Waals surface area contributed by atoms with Crippen LogP contribution < -0.4 is 10.6 Å². The van der Waals surface area contributed by atoms with E-state index in [-0.39, 0.29) is 23.1 Å². The summed E-state index contributed by atoms with van der Waals surface area (Å²) in [5.41, 5.74) is 1.11. The molecule has 0 saturated heterocycles. The Bertz CT molecular complexity index is 591. The molecule has 0 spiro atoms. The van der Waals surface area contributed by atoms with Crippen molar-refractivity contribution in [2.45, 2.75) is 12.5 Å². The molecule has 1 aromatic rings. The van der Waals surface area contributed by atoms with E-state index in [1.807, 2.05) is 18.2 Å². The zero-order chi connectivity index (χ0) is 14.5. The molecule has 1 aromatic carbocycles. The lowest BCUT2D eigenvalue weighted by Gasteiger charge is -2.18. The number of hydrogen-bond donors (Lipinski definition) is 3. The Labute approximate surface area is 117 Å². The first kappa shape index (κ1) is 13.9. The maximum atomic E-state index is 12.2. The molecule has 0 saturated carbocycles.